The second-order valence-corrected chi connectivity index (χ2v) is 8.76. The Labute approximate surface area is 138 Å². The maximum Gasteiger partial charge on any atom is 0.251 e. The Kier molecular flexibility index (Phi) is 6.04. The molecule has 1 N–H and O–H groups in total. The van der Waals surface area contributed by atoms with Crippen LogP contribution in [0.4, 0.5) is 0 Å². The highest BCUT2D eigenvalue weighted by atomic mass is 32.2. The van der Waals surface area contributed by atoms with E-state index in [4.69, 9.17) is 4.74 Å². The summed E-state index contributed by atoms with van der Waals surface area (Å²) in [6, 6.07) is 7.03. The average molecular weight is 339 g/mol. The van der Waals surface area contributed by atoms with E-state index in [0.717, 1.165) is 12.2 Å². The molecule has 1 unspecified atom stereocenters. The van der Waals surface area contributed by atoms with Crippen LogP contribution in [0, 0.1) is 11.8 Å². The third-order valence-electron chi connectivity index (χ3n) is 3.96. The standard InChI is InChI=1S/C17H25NO4S/c1-13(2)7-9-22-16-5-3-15(4-6-16)17(19)18-11-14-8-10-23(20,21)12-14/h3-6,13-14H,7-12H2,1-2H3,(H,18,19). The summed E-state index contributed by atoms with van der Waals surface area (Å²) in [7, 11) is -2.90. The van der Waals surface area contributed by atoms with Crippen LogP contribution >= 0.6 is 0 Å². The summed E-state index contributed by atoms with van der Waals surface area (Å²) in [5, 5.41) is 2.81. The first-order chi connectivity index (χ1) is 10.9. The Morgan fingerprint density at radius 3 is 2.57 bits per heavy atom. The fraction of sp³-hybridized carbons (Fsp3) is 0.588. The van der Waals surface area contributed by atoms with Gasteiger partial charge in [-0.2, -0.15) is 0 Å². The molecule has 2 rings (SSSR count). The Hall–Kier alpha value is -1.56. The normalized spacial score (nSPS) is 19.7. The van der Waals surface area contributed by atoms with Crippen molar-refractivity contribution < 1.29 is 17.9 Å². The fourth-order valence-corrected chi connectivity index (χ4v) is 4.35. The van der Waals surface area contributed by atoms with Crippen LogP contribution in [0.5, 0.6) is 5.75 Å². The van der Waals surface area contributed by atoms with Crippen molar-refractivity contribution in [1.29, 1.82) is 0 Å². The van der Waals surface area contributed by atoms with Gasteiger partial charge in [0.25, 0.3) is 5.91 Å². The van der Waals surface area contributed by atoms with Gasteiger partial charge in [0.1, 0.15) is 5.75 Å². The maximum absolute atomic E-state index is 12.1. The molecule has 1 fully saturated rings. The van der Waals surface area contributed by atoms with Crippen molar-refractivity contribution in [3.63, 3.8) is 0 Å². The van der Waals surface area contributed by atoms with Crippen LogP contribution in [0.2, 0.25) is 0 Å². The number of ether oxygens (including phenoxy) is 1. The van der Waals surface area contributed by atoms with Crippen LogP contribution in [-0.4, -0.2) is 39.0 Å². The quantitative estimate of drug-likeness (QED) is 0.827. The minimum absolute atomic E-state index is 0.0302. The number of carbonyl (C=O) groups is 1. The Bertz CT molecular complexity index is 622. The molecule has 1 aliphatic rings. The first-order valence-corrected chi connectivity index (χ1v) is 9.89. The number of rotatable bonds is 7. The SMILES string of the molecule is CC(C)CCOc1ccc(C(=O)NCC2CCS(=O)(=O)C2)cc1. The van der Waals surface area contributed by atoms with Crippen molar-refractivity contribution >= 4 is 15.7 Å². The van der Waals surface area contributed by atoms with E-state index < -0.39 is 9.84 Å². The van der Waals surface area contributed by atoms with Gasteiger partial charge in [0.05, 0.1) is 18.1 Å². The van der Waals surface area contributed by atoms with Gasteiger partial charge in [-0.15, -0.1) is 0 Å². The van der Waals surface area contributed by atoms with Gasteiger partial charge in [0, 0.05) is 12.1 Å². The van der Waals surface area contributed by atoms with E-state index in [1.807, 2.05) is 0 Å². The van der Waals surface area contributed by atoms with E-state index in [9.17, 15) is 13.2 Å². The van der Waals surface area contributed by atoms with Crippen molar-refractivity contribution in [2.24, 2.45) is 11.8 Å². The lowest BCUT2D eigenvalue weighted by molar-refractivity contribution is 0.0948. The lowest BCUT2D eigenvalue weighted by Gasteiger charge is -2.11. The molecule has 1 amide bonds. The van der Waals surface area contributed by atoms with Gasteiger partial charge < -0.3 is 10.1 Å². The molecular weight excluding hydrogens is 314 g/mol. The lowest BCUT2D eigenvalue weighted by atomic mass is 10.1. The average Bonchev–Trinajstić information content (AvgIpc) is 2.84. The number of carbonyl (C=O) groups excluding carboxylic acids is 1. The molecule has 0 bridgehead atoms. The van der Waals surface area contributed by atoms with Gasteiger partial charge in [-0.05, 0) is 48.9 Å². The minimum atomic E-state index is -2.90. The first-order valence-electron chi connectivity index (χ1n) is 8.07. The molecule has 1 aliphatic heterocycles. The van der Waals surface area contributed by atoms with Gasteiger partial charge in [-0.25, -0.2) is 8.42 Å². The van der Waals surface area contributed by atoms with Crippen LogP contribution < -0.4 is 10.1 Å². The summed E-state index contributed by atoms with van der Waals surface area (Å²) in [6.45, 7) is 5.36. The number of amides is 1. The number of sulfone groups is 1. The molecule has 128 valence electrons. The van der Waals surface area contributed by atoms with Crippen molar-refractivity contribution in [2.75, 3.05) is 24.7 Å². The molecule has 0 aliphatic carbocycles. The molecule has 6 heteroatoms. The van der Waals surface area contributed by atoms with Gasteiger partial charge in [0.15, 0.2) is 9.84 Å². The van der Waals surface area contributed by atoms with Crippen LogP contribution in [0.1, 0.15) is 37.0 Å². The molecule has 1 aromatic rings. The lowest BCUT2D eigenvalue weighted by Crippen LogP contribution is -2.29. The molecular formula is C17H25NO4S. The van der Waals surface area contributed by atoms with Crippen molar-refractivity contribution in [1.82, 2.24) is 5.32 Å². The molecule has 0 saturated carbocycles. The fourth-order valence-electron chi connectivity index (χ4n) is 2.49. The number of nitrogens with one attached hydrogen (secondary N) is 1. The van der Waals surface area contributed by atoms with Crippen LogP contribution in [0.25, 0.3) is 0 Å². The minimum Gasteiger partial charge on any atom is -0.494 e. The van der Waals surface area contributed by atoms with E-state index in [2.05, 4.69) is 19.2 Å². The highest BCUT2D eigenvalue weighted by Gasteiger charge is 2.27. The zero-order valence-corrected chi connectivity index (χ0v) is 14.6. The Morgan fingerprint density at radius 2 is 2.00 bits per heavy atom. The molecule has 0 spiro atoms. The zero-order chi connectivity index (χ0) is 16.9. The van der Waals surface area contributed by atoms with Gasteiger partial charge in [0.2, 0.25) is 0 Å². The summed E-state index contributed by atoms with van der Waals surface area (Å²) in [4.78, 5) is 12.1. The van der Waals surface area contributed by atoms with E-state index in [-0.39, 0.29) is 23.3 Å². The van der Waals surface area contributed by atoms with Crippen LogP contribution in [0.3, 0.4) is 0 Å². The summed E-state index contributed by atoms with van der Waals surface area (Å²) in [6.07, 6.45) is 1.62. The molecule has 0 aromatic heterocycles. The van der Waals surface area contributed by atoms with Crippen LogP contribution in [0.15, 0.2) is 24.3 Å². The Balaban J connectivity index is 1.78. The third kappa shape index (κ3) is 5.86. The summed E-state index contributed by atoms with van der Waals surface area (Å²) >= 11 is 0. The second-order valence-electron chi connectivity index (χ2n) is 6.53. The van der Waals surface area contributed by atoms with Crippen molar-refractivity contribution in [3.8, 4) is 5.75 Å². The molecule has 23 heavy (non-hydrogen) atoms. The molecule has 1 atom stereocenters. The molecule has 5 nitrogen and oxygen atoms in total. The zero-order valence-electron chi connectivity index (χ0n) is 13.7. The van der Waals surface area contributed by atoms with E-state index in [1.54, 1.807) is 24.3 Å². The number of hydrogen-bond acceptors (Lipinski definition) is 4. The number of hydrogen-bond donors (Lipinski definition) is 1. The molecule has 1 aromatic carbocycles. The van der Waals surface area contributed by atoms with Gasteiger partial charge in [-0.3, -0.25) is 4.79 Å². The summed E-state index contributed by atoms with van der Waals surface area (Å²) in [5.74, 6) is 1.61. The summed E-state index contributed by atoms with van der Waals surface area (Å²) in [5.41, 5.74) is 0.557. The highest BCUT2D eigenvalue weighted by molar-refractivity contribution is 7.91. The third-order valence-corrected chi connectivity index (χ3v) is 5.80. The molecule has 0 radical (unpaired) electrons. The predicted octanol–water partition coefficient (Wildman–Crippen LogP) is 2.28. The first kappa shape index (κ1) is 17.8. The van der Waals surface area contributed by atoms with E-state index in [1.165, 1.54) is 0 Å². The van der Waals surface area contributed by atoms with Gasteiger partial charge >= 0.3 is 0 Å². The monoisotopic (exact) mass is 339 g/mol. The van der Waals surface area contributed by atoms with Gasteiger partial charge in [-0.1, -0.05) is 13.8 Å². The second kappa shape index (κ2) is 7.81. The highest BCUT2D eigenvalue weighted by Crippen LogP contribution is 2.18. The Morgan fingerprint density at radius 1 is 1.30 bits per heavy atom. The van der Waals surface area contributed by atoms with E-state index in [0.29, 0.717) is 31.1 Å². The maximum atomic E-state index is 12.1. The summed E-state index contributed by atoms with van der Waals surface area (Å²) < 4.78 is 28.4. The molecule has 1 saturated heterocycles. The van der Waals surface area contributed by atoms with Crippen molar-refractivity contribution in [3.05, 3.63) is 29.8 Å². The number of benzene rings is 1. The van der Waals surface area contributed by atoms with Crippen molar-refractivity contribution in [2.45, 2.75) is 26.7 Å². The molecule has 1 heterocycles. The largest absolute Gasteiger partial charge is 0.494 e. The van der Waals surface area contributed by atoms with Crippen LogP contribution in [-0.2, 0) is 9.84 Å². The predicted molar refractivity (Wildman–Crippen MR) is 90.5 cm³/mol. The topological polar surface area (TPSA) is 72.5 Å². The smallest absolute Gasteiger partial charge is 0.251 e. The van der Waals surface area contributed by atoms with E-state index >= 15 is 0 Å².